The van der Waals surface area contributed by atoms with Gasteiger partial charge in [-0.2, -0.15) is 0 Å². The molecule has 1 N–H and O–H groups in total. The van der Waals surface area contributed by atoms with Gasteiger partial charge in [-0.15, -0.1) is 12.6 Å². The summed E-state index contributed by atoms with van der Waals surface area (Å²) in [4.78, 5) is 21.1. The molecule has 0 aliphatic rings. The van der Waals surface area contributed by atoms with E-state index in [9.17, 15) is 20.2 Å². The van der Waals surface area contributed by atoms with E-state index in [0.717, 1.165) is 12.1 Å². The summed E-state index contributed by atoms with van der Waals surface area (Å²) in [5.41, 5.74) is -1.42. The minimum Gasteiger partial charge on any atom is -0.342 e. The number of nitrogens with zero attached hydrogens (tertiary/aromatic N) is 2. The molecule has 0 saturated heterocycles. The van der Waals surface area contributed by atoms with Gasteiger partial charge >= 0.3 is 11.4 Å². The molecule has 0 aliphatic carbocycles. The van der Waals surface area contributed by atoms with Crippen molar-refractivity contribution in [1.82, 2.24) is 0 Å². The Balaban J connectivity index is 2.71. The number of nitro benzene ring substituents is 2. The number of halogens is 3. The second-order valence-electron chi connectivity index (χ2n) is 4.21. The molecule has 0 radical (unpaired) electrons. The quantitative estimate of drug-likeness (QED) is 0.405. The van der Waals surface area contributed by atoms with E-state index in [1.165, 1.54) is 12.1 Å². The standard InChI is InChI=1S/C12H6Cl3N3O4S/c13-5-3-7(17(19)20)11(8(4-5)18(21)22)16-12-9(23)2-1-6(14)10(12)15/h1-4,16,23H. The lowest BCUT2D eigenvalue weighted by Gasteiger charge is -2.12. The summed E-state index contributed by atoms with van der Waals surface area (Å²) in [7, 11) is 0. The molecule has 2 aromatic carbocycles. The molecule has 11 heteroatoms. The SMILES string of the molecule is O=[N+]([O-])c1cc(Cl)cc([N+](=O)[O-])c1Nc1c(S)ccc(Cl)c1Cl. The fraction of sp³-hybridized carbons (Fsp3) is 0. The van der Waals surface area contributed by atoms with E-state index in [0.29, 0.717) is 4.90 Å². The fourth-order valence-corrected chi connectivity index (χ4v) is 2.66. The Kier molecular flexibility index (Phi) is 5.20. The van der Waals surface area contributed by atoms with Crippen molar-refractivity contribution in [2.45, 2.75) is 4.90 Å². The van der Waals surface area contributed by atoms with Crippen LogP contribution in [0, 0.1) is 20.2 Å². The van der Waals surface area contributed by atoms with Crippen LogP contribution in [0.1, 0.15) is 0 Å². The molecule has 0 spiro atoms. The van der Waals surface area contributed by atoms with E-state index in [1.54, 1.807) is 0 Å². The Morgan fingerprint density at radius 1 is 0.957 bits per heavy atom. The lowest BCUT2D eigenvalue weighted by molar-refractivity contribution is -0.392. The summed E-state index contributed by atoms with van der Waals surface area (Å²) >= 11 is 21.8. The normalized spacial score (nSPS) is 10.4. The first-order chi connectivity index (χ1) is 10.7. The van der Waals surface area contributed by atoms with Crippen molar-refractivity contribution in [3.8, 4) is 0 Å². The largest absolute Gasteiger partial charge is 0.342 e. The zero-order valence-corrected chi connectivity index (χ0v) is 14.1. The summed E-state index contributed by atoms with van der Waals surface area (Å²) in [5.74, 6) is 0. The maximum absolute atomic E-state index is 11.2. The van der Waals surface area contributed by atoms with Gasteiger partial charge in [-0.25, -0.2) is 0 Å². The van der Waals surface area contributed by atoms with E-state index in [-0.39, 0.29) is 26.4 Å². The van der Waals surface area contributed by atoms with E-state index in [4.69, 9.17) is 34.8 Å². The molecule has 0 heterocycles. The van der Waals surface area contributed by atoms with Crippen molar-refractivity contribution < 1.29 is 9.85 Å². The van der Waals surface area contributed by atoms with Gasteiger partial charge in [0.1, 0.15) is 0 Å². The first-order valence-electron chi connectivity index (χ1n) is 5.78. The number of hydrogen-bond acceptors (Lipinski definition) is 6. The highest BCUT2D eigenvalue weighted by atomic mass is 35.5. The average molecular weight is 395 g/mol. The van der Waals surface area contributed by atoms with Crippen LogP contribution < -0.4 is 5.32 Å². The average Bonchev–Trinajstić information content (AvgIpc) is 2.47. The van der Waals surface area contributed by atoms with Gasteiger partial charge < -0.3 is 5.32 Å². The van der Waals surface area contributed by atoms with Gasteiger partial charge in [0.05, 0.1) is 30.6 Å². The maximum Gasteiger partial charge on any atom is 0.301 e. The van der Waals surface area contributed by atoms with E-state index >= 15 is 0 Å². The van der Waals surface area contributed by atoms with Crippen LogP contribution in [0.15, 0.2) is 29.2 Å². The highest BCUT2D eigenvalue weighted by molar-refractivity contribution is 7.80. The molecule has 0 atom stereocenters. The lowest BCUT2D eigenvalue weighted by atomic mass is 10.2. The predicted molar refractivity (Wildman–Crippen MR) is 91.8 cm³/mol. The van der Waals surface area contributed by atoms with Gasteiger partial charge in [0.2, 0.25) is 0 Å². The van der Waals surface area contributed by atoms with Crippen LogP contribution >= 0.6 is 47.4 Å². The zero-order valence-electron chi connectivity index (χ0n) is 10.9. The second kappa shape index (κ2) is 6.79. The van der Waals surface area contributed by atoms with Crippen LogP contribution in [0.25, 0.3) is 0 Å². The number of thiol groups is 1. The number of rotatable bonds is 4. The zero-order chi connectivity index (χ0) is 17.3. The Labute approximate surface area is 149 Å². The van der Waals surface area contributed by atoms with Crippen LogP contribution in [-0.2, 0) is 0 Å². The molecule has 2 rings (SSSR count). The maximum atomic E-state index is 11.2. The molecule has 0 bridgehead atoms. The molecule has 7 nitrogen and oxygen atoms in total. The van der Waals surface area contributed by atoms with Gasteiger partial charge in [-0.3, -0.25) is 20.2 Å². The van der Waals surface area contributed by atoms with Gasteiger partial charge in [0, 0.05) is 17.0 Å². The van der Waals surface area contributed by atoms with Crippen LogP contribution in [0.4, 0.5) is 22.7 Å². The third-order valence-electron chi connectivity index (χ3n) is 2.78. The van der Waals surface area contributed by atoms with Gasteiger partial charge in [-0.1, -0.05) is 34.8 Å². The molecule has 0 unspecified atom stereocenters. The minimum absolute atomic E-state index is 0.0257. The number of benzene rings is 2. The molecule has 0 amide bonds. The Morgan fingerprint density at radius 2 is 1.48 bits per heavy atom. The Hall–Kier alpha value is -1.74. The molecule has 0 aromatic heterocycles. The fourth-order valence-electron chi connectivity index (χ4n) is 1.78. The summed E-state index contributed by atoms with van der Waals surface area (Å²) < 4.78 is 0. The molecule has 23 heavy (non-hydrogen) atoms. The highest BCUT2D eigenvalue weighted by Gasteiger charge is 2.28. The first kappa shape index (κ1) is 17.6. The Morgan fingerprint density at radius 3 is 1.96 bits per heavy atom. The van der Waals surface area contributed by atoms with E-state index < -0.39 is 21.2 Å². The van der Waals surface area contributed by atoms with Crippen molar-refractivity contribution >= 4 is 70.2 Å². The lowest BCUT2D eigenvalue weighted by Crippen LogP contribution is -2.03. The summed E-state index contributed by atoms with van der Waals surface area (Å²) in [6.07, 6.45) is 0. The van der Waals surface area contributed by atoms with Crippen LogP contribution in [0.5, 0.6) is 0 Å². The van der Waals surface area contributed by atoms with Crippen molar-refractivity contribution in [3.05, 3.63) is 59.6 Å². The second-order valence-corrected chi connectivity index (χ2v) is 5.92. The van der Waals surface area contributed by atoms with E-state index in [1.807, 2.05) is 0 Å². The Bertz CT molecular complexity index is 796. The monoisotopic (exact) mass is 393 g/mol. The topological polar surface area (TPSA) is 98.3 Å². The van der Waals surface area contributed by atoms with Crippen LogP contribution in [0.2, 0.25) is 15.1 Å². The summed E-state index contributed by atoms with van der Waals surface area (Å²) in [5, 5.41) is 25.0. The van der Waals surface area contributed by atoms with Crippen LogP contribution in [-0.4, -0.2) is 9.85 Å². The van der Waals surface area contributed by atoms with Crippen LogP contribution in [0.3, 0.4) is 0 Å². The first-order valence-corrected chi connectivity index (χ1v) is 7.36. The molecule has 0 aliphatic heterocycles. The number of nitrogens with one attached hydrogen (secondary N) is 1. The molecular formula is C12H6Cl3N3O4S. The molecular weight excluding hydrogens is 389 g/mol. The van der Waals surface area contributed by atoms with E-state index in [2.05, 4.69) is 17.9 Å². The van der Waals surface area contributed by atoms with Crippen molar-refractivity contribution in [3.63, 3.8) is 0 Å². The molecule has 0 fully saturated rings. The smallest absolute Gasteiger partial charge is 0.301 e. The van der Waals surface area contributed by atoms with Crippen molar-refractivity contribution in [2.24, 2.45) is 0 Å². The van der Waals surface area contributed by atoms with Gasteiger partial charge in [0.25, 0.3) is 0 Å². The summed E-state index contributed by atoms with van der Waals surface area (Å²) in [6, 6.07) is 4.95. The summed E-state index contributed by atoms with van der Waals surface area (Å²) in [6.45, 7) is 0. The van der Waals surface area contributed by atoms with Gasteiger partial charge in [0.15, 0.2) is 5.69 Å². The number of anilines is 2. The molecule has 120 valence electrons. The highest BCUT2D eigenvalue weighted by Crippen LogP contribution is 2.43. The number of hydrogen-bond donors (Lipinski definition) is 2. The molecule has 0 saturated carbocycles. The number of nitro groups is 2. The van der Waals surface area contributed by atoms with Crippen molar-refractivity contribution in [2.75, 3.05) is 5.32 Å². The van der Waals surface area contributed by atoms with Crippen molar-refractivity contribution in [1.29, 1.82) is 0 Å². The molecule has 2 aromatic rings. The predicted octanol–water partition coefficient (Wildman–Crippen LogP) is 5.50. The van der Waals surface area contributed by atoms with Gasteiger partial charge in [-0.05, 0) is 12.1 Å². The minimum atomic E-state index is -0.794. The third-order valence-corrected chi connectivity index (χ3v) is 4.17. The third kappa shape index (κ3) is 3.61.